The van der Waals surface area contributed by atoms with E-state index in [1.54, 1.807) is 26.0 Å². The van der Waals surface area contributed by atoms with E-state index >= 15 is 0 Å². The Morgan fingerprint density at radius 2 is 2.06 bits per heavy atom. The van der Waals surface area contributed by atoms with E-state index in [0.29, 0.717) is 48.4 Å². The maximum Gasteiger partial charge on any atom is 0.416 e. The summed E-state index contributed by atoms with van der Waals surface area (Å²) in [6, 6.07) is 5.27. The van der Waals surface area contributed by atoms with Crippen molar-refractivity contribution < 1.29 is 23.0 Å². The van der Waals surface area contributed by atoms with Crippen molar-refractivity contribution >= 4 is 28.7 Å². The van der Waals surface area contributed by atoms with Crippen LogP contribution >= 0.6 is 0 Å². The molecular weight excluding hydrogens is 463 g/mol. The molecule has 0 bridgehead atoms. The van der Waals surface area contributed by atoms with Crippen molar-refractivity contribution in [2.75, 3.05) is 49.4 Å². The van der Waals surface area contributed by atoms with Crippen LogP contribution in [-0.2, 0) is 17.5 Å². The molecule has 3 rings (SSSR count). The average Bonchev–Trinajstić information content (AvgIpc) is 3.12. The van der Waals surface area contributed by atoms with Crippen LogP contribution in [0.3, 0.4) is 0 Å². The number of halogens is 3. The first-order valence-corrected chi connectivity index (χ1v) is 11.3. The lowest BCUT2D eigenvalue weighted by Gasteiger charge is -2.21. The van der Waals surface area contributed by atoms with Crippen LogP contribution in [0.15, 0.2) is 24.3 Å². The van der Waals surface area contributed by atoms with Crippen LogP contribution in [0.25, 0.3) is 5.65 Å². The number of hydrogen-bond acceptors (Lipinski definition) is 8. The van der Waals surface area contributed by atoms with Crippen LogP contribution in [0.5, 0.6) is 0 Å². The van der Waals surface area contributed by atoms with Crippen LogP contribution in [0.2, 0.25) is 0 Å². The van der Waals surface area contributed by atoms with Gasteiger partial charge in [-0.1, -0.05) is 6.07 Å². The first-order chi connectivity index (χ1) is 16.6. The monoisotopic (exact) mass is 495 g/mol. The van der Waals surface area contributed by atoms with Crippen LogP contribution in [0, 0.1) is 6.92 Å². The lowest BCUT2D eigenvalue weighted by molar-refractivity contribution is -0.138. The van der Waals surface area contributed by atoms with Gasteiger partial charge in [-0.15, -0.1) is 5.10 Å². The van der Waals surface area contributed by atoms with Gasteiger partial charge in [-0.05, 0) is 32.9 Å². The highest BCUT2D eigenvalue weighted by Gasteiger charge is 2.34. The van der Waals surface area contributed by atoms with Gasteiger partial charge in [-0.2, -0.15) is 17.7 Å². The van der Waals surface area contributed by atoms with Gasteiger partial charge in [0, 0.05) is 50.1 Å². The number of alkyl halides is 3. The predicted molar refractivity (Wildman–Crippen MR) is 130 cm³/mol. The van der Waals surface area contributed by atoms with Crippen LogP contribution in [0.4, 0.5) is 36.2 Å². The molecule has 9 nitrogen and oxygen atoms in total. The van der Waals surface area contributed by atoms with Crippen molar-refractivity contribution in [1.29, 1.82) is 0 Å². The molecule has 192 valence electrons. The second-order valence-corrected chi connectivity index (χ2v) is 8.28. The standard InChI is InChI=1S/C23H32F3N7O2/c1-5-35-10-9-32(4)20-11-18(27)22-29-15(3)21(33(22)31-20)30-19-8-6-7-17(23(24,25)26)16(19)12-28-14(2)13-34/h6-8,11,14,28,30,34H,5,9-10,12-13,27H2,1-4H3. The molecule has 1 atom stereocenters. The summed E-state index contributed by atoms with van der Waals surface area (Å²) >= 11 is 0. The molecule has 0 aliphatic rings. The van der Waals surface area contributed by atoms with Gasteiger partial charge in [0.15, 0.2) is 17.3 Å². The Bertz CT molecular complexity index is 1150. The van der Waals surface area contributed by atoms with Crippen molar-refractivity contribution in [3.05, 3.63) is 41.1 Å². The Kier molecular flexibility index (Phi) is 8.41. The molecule has 1 unspecified atom stereocenters. The summed E-state index contributed by atoms with van der Waals surface area (Å²) in [6.07, 6.45) is -4.55. The summed E-state index contributed by atoms with van der Waals surface area (Å²) in [7, 11) is 1.85. The summed E-state index contributed by atoms with van der Waals surface area (Å²) in [4.78, 5) is 6.35. The van der Waals surface area contributed by atoms with Gasteiger partial charge in [0.2, 0.25) is 0 Å². The fraction of sp³-hybridized carbons (Fsp3) is 0.478. The van der Waals surface area contributed by atoms with E-state index in [1.165, 1.54) is 10.6 Å². The van der Waals surface area contributed by atoms with Gasteiger partial charge in [0.1, 0.15) is 0 Å². The summed E-state index contributed by atoms with van der Waals surface area (Å²) in [5.41, 5.74) is 7.05. The molecule has 0 radical (unpaired) electrons. The first-order valence-electron chi connectivity index (χ1n) is 11.3. The lowest BCUT2D eigenvalue weighted by atomic mass is 10.0. The maximum atomic E-state index is 13.8. The number of ether oxygens (including phenoxy) is 1. The summed E-state index contributed by atoms with van der Waals surface area (Å²) in [5, 5.41) is 19.9. The zero-order valence-electron chi connectivity index (χ0n) is 20.3. The maximum absolute atomic E-state index is 13.8. The van der Waals surface area contributed by atoms with E-state index < -0.39 is 11.7 Å². The SMILES string of the molecule is CCOCCN(C)c1cc(N)c2nc(C)c(Nc3cccc(C(F)(F)F)c3CNC(C)CO)n2n1. The van der Waals surface area contributed by atoms with Crippen LogP contribution in [0.1, 0.15) is 30.7 Å². The number of aryl methyl sites for hydroxylation is 1. The van der Waals surface area contributed by atoms with Crippen LogP contribution < -0.4 is 21.3 Å². The topological polar surface area (TPSA) is 113 Å². The highest BCUT2D eigenvalue weighted by Crippen LogP contribution is 2.37. The normalized spacial score (nSPS) is 12.8. The van der Waals surface area contributed by atoms with E-state index in [1.807, 2.05) is 18.9 Å². The molecule has 0 fully saturated rings. The molecule has 0 saturated carbocycles. The molecule has 0 saturated heterocycles. The molecule has 2 heterocycles. The molecule has 3 aromatic rings. The minimum atomic E-state index is -4.55. The van der Waals surface area contributed by atoms with Gasteiger partial charge < -0.3 is 31.1 Å². The molecular formula is C23H32F3N7O2. The fourth-order valence-electron chi connectivity index (χ4n) is 3.56. The number of anilines is 4. The predicted octanol–water partition coefficient (Wildman–Crippen LogP) is 3.33. The third kappa shape index (κ3) is 6.13. The number of aliphatic hydroxyl groups excluding tert-OH is 1. The van der Waals surface area contributed by atoms with Gasteiger partial charge in [0.05, 0.1) is 30.2 Å². The van der Waals surface area contributed by atoms with Gasteiger partial charge >= 0.3 is 6.18 Å². The molecule has 0 amide bonds. The second kappa shape index (κ2) is 11.1. The Morgan fingerprint density at radius 1 is 1.31 bits per heavy atom. The number of fused-ring (bicyclic) bond motifs is 1. The Hall–Kier alpha value is -3.09. The summed E-state index contributed by atoms with van der Waals surface area (Å²) < 4.78 is 48.3. The van der Waals surface area contributed by atoms with E-state index in [4.69, 9.17) is 10.5 Å². The molecule has 5 N–H and O–H groups in total. The van der Waals surface area contributed by atoms with Gasteiger partial charge in [-0.3, -0.25) is 0 Å². The number of nitrogens with two attached hydrogens (primary N) is 1. The smallest absolute Gasteiger partial charge is 0.396 e. The van der Waals surface area contributed by atoms with Gasteiger partial charge in [-0.25, -0.2) is 4.98 Å². The summed E-state index contributed by atoms with van der Waals surface area (Å²) in [6.45, 7) is 6.71. The number of aliphatic hydroxyl groups is 1. The number of nitrogen functional groups attached to an aromatic ring is 1. The zero-order chi connectivity index (χ0) is 25.8. The van der Waals surface area contributed by atoms with Crippen molar-refractivity contribution in [2.24, 2.45) is 0 Å². The third-order valence-corrected chi connectivity index (χ3v) is 5.58. The number of nitrogens with one attached hydrogen (secondary N) is 2. The quantitative estimate of drug-likeness (QED) is 0.300. The molecule has 1 aromatic carbocycles. The highest BCUT2D eigenvalue weighted by molar-refractivity contribution is 5.74. The molecule has 0 spiro atoms. The Morgan fingerprint density at radius 3 is 2.71 bits per heavy atom. The fourth-order valence-corrected chi connectivity index (χ4v) is 3.56. The number of hydrogen-bond donors (Lipinski definition) is 4. The van der Waals surface area contributed by atoms with E-state index in [0.717, 1.165) is 6.07 Å². The molecule has 0 aliphatic heterocycles. The molecule has 35 heavy (non-hydrogen) atoms. The summed E-state index contributed by atoms with van der Waals surface area (Å²) in [5.74, 6) is 0.973. The van der Waals surface area contributed by atoms with E-state index in [9.17, 15) is 18.3 Å². The van der Waals surface area contributed by atoms with E-state index in [-0.39, 0.29) is 30.4 Å². The minimum Gasteiger partial charge on any atom is -0.396 e. The van der Waals surface area contributed by atoms with Crippen molar-refractivity contribution in [3.63, 3.8) is 0 Å². The number of imidazole rings is 1. The van der Waals surface area contributed by atoms with Gasteiger partial charge in [0.25, 0.3) is 0 Å². The Labute approximate surface area is 202 Å². The number of rotatable bonds is 11. The number of benzene rings is 1. The Balaban J connectivity index is 2.04. The molecule has 0 aliphatic carbocycles. The number of likely N-dealkylation sites (N-methyl/N-ethyl adjacent to an activating group) is 1. The zero-order valence-corrected chi connectivity index (χ0v) is 20.3. The lowest BCUT2D eigenvalue weighted by Crippen LogP contribution is -2.30. The molecule has 2 aromatic heterocycles. The van der Waals surface area contributed by atoms with Crippen molar-refractivity contribution in [3.8, 4) is 0 Å². The largest absolute Gasteiger partial charge is 0.416 e. The van der Waals surface area contributed by atoms with E-state index in [2.05, 4.69) is 20.7 Å². The van der Waals surface area contributed by atoms with Crippen molar-refractivity contribution in [1.82, 2.24) is 19.9 Å². The van der Waals surface area contributed by atoms with Crippen molar-refractivity contribution in [2.45, 2.75) is 39.5 Å². The second-order valence-electron chi connectivity index (χ2n) is 8.28. The number of aromatic nitrogens is 3. The van der Waals surface area contributed by atoms with Crippen LogP contribution in [-0.4, -0.2) is 59.2 Å². The highest BCUT2D eigenvalue weighted by atomic mass is 19.4. The average molecular weight is 496 g/mol. The molecule has 12 heteroatoms. The minimum absolute atomic E-state index is 0.0209. The third-order valence-electron chi connectivity index (χ3n) is 5.58. The first kappa shape index (κ1) is 26.5. The number of nitrogens with zero attached hydrogens (tertiary/aromatic N) is 4.